The highest BCUT2D eigenvalue weighted by molar-refractivity contribution is 5.94. The average Bonchev–Trinajstić information content (AvgIpc) is 2.89. The van der Waals surface area contributed by atoms with Crippen LogP contribution in [0, 0.1) is 5.92 Å². The molecule has 1 aliphatic heterocycles. The average molecular weight is 541 g/mol. The Labute approximate surface area is 213 Å². The smallest absolute Gasteiger partial charge is 0.411 e. The number of hydrogen-bond acceptors (Lipinski definition) is 10. The predicted octanol–water partition coefficient (Wildman–Crippen LogP) is 3.04. The fourth-order valence-electron chi connectivity index (χ4n) is 2.76. The highest BCUT2D eigenvalue weighted by Crippen LogP contribution is 2.29. The first-order valence-corrected chi connectivity index (χ1v) is 11.5. The van der Waals surface area contributed by atoms with Crippen molar-refractivity contribution in [1.29, 1.82) is 0 Å². The molecule has 0 aliphatic carbocycles. The summed E-state index contributed by atoms with van der Waals surface area (Å²) in [6.07, 6.45) is -1.98. The molecule has 1 aromatic rings. The molecule has 1 amide bonds. The van der Waals surface area contributed by atoms with Crippen molar-refractivity contribution in [3.05, 3.63) is 18.0 Å². The summed E-state index contributed by atoms with van der Waals surface area (Å²) in [6.45, 7) is 6.09. The maximum Gasteiger partial charge on any atom is 0.411 e. The Balaban J connectivity index is 0.000000775. The van der Waals surface area contributed by atoms with E-state index in [0.29, 0.717) is 18.9 Å². The molecule has 1 aliphatic rings. The summed E-state index contributed by atoms with van der Waals surface area (Å²) in [5.74, 6) is -1.70. The first-order valence-electron chi connectivity index (χ1n) is 11.5. The number of methoxy groups -OCH3 is 1. The van der Waals surface area contributed by atoms with Gasteiger partial charge in [-0.25, -0.2) is 9.78 Å². The third kappa shape index (κ3) is 15.6. The zero-order chi connectivity index (χ0) is 28.4. The second kappa shape index (κ2) is 18.2. The summed E-state index contributed by atoms with van der Waals surface area (Å²) >= 11 is 0. The van der Waals surface area contributed by atoms with Crippen LogP contribution in [0.15, 0.2) is 12.3 Å². The second-order valence-electron chi connectivity index (χ2n) is 7.41. The number of alkyl halides is 3. The quantitative estimate of drug-likeness (QED) is 0.386. The van der Waals surface area contributed by atoms with Crippen molar-refractivity contribution in [3.63, 3.8) is 0 Å². The van der Waals surface area contributed by atoms with E-state index in [1.165, 1.54) is 19.4 Å². The molecule has 1 fully saturated rings. The number of cyclic esters (lactones) is 1. The van der Waals surface area contributed by atoms with E-state index in [1.807, 2.05) is 20.8 Å². The van der Waals surface area contributed by atoms with Crippen LogP contribution in [0.4, 0.5) is 13.2 Å². The molecule has 37 heavy (non-hydrogen) atoms. The van der Waals surface area contributed by atoms with E-state index in [-0.39, 0.29) is 29.3 Å². The molecule has 11 nitrogen and oxygen atoms in total. The number of carbonyl (C=O) groups excluding carboxylic acids is 3. The van der Waals surface area contributed by atoms with Gasteiger partial charge in [-0.15, -0.1) is 0 Å². The molecule has 1 saturated heterocycles. The number of pyridine rings is 1. The minimum absolute atomic E-state index is 0.0363. The molecule has 0 radical (unpaired) electrons. The van der Waals surface area contributed by atoms with Crippen molar-refractivity contribution >= 4 is 17.8 Å². The van der Waals surface area contributed by atoms with E-state index in [2.05, 4.69) is 21.4 Å². The first kappa shape index (κ1) is 33.9. The molecule has 2 rings (SSSR count). The molecule has 1 aromatic heterocycles. The van der Waals surface area contributed by atoms with E-state index in [4.69, 9.17) is 24.7 Å². The van der Waals surface area contributed by atoms with E-state index in [9.17, 15) is 27.6 Å². The monoisotopic (exact) mass is 540 g/mol. The zero-order valence-corrected chi connectivity index (χ0v) is 21.6. The van der Waals surface area contributed by atoms with Crippen LogP contribution in [0.1, 0.15) is 51.0 Å². The van der Waals surface area contributed by atoms with Crippen LogP contribution in [0.5, 0.6) is 11.5 Å². The number of amides is 1. The fourth-order valence-corrected chi connectivity index (χ4v) is 2.76. The summed E-state index contributed by atoms with van der Waals surface area (Å²) < 4.78 is 64.4. The topological polar surface area (TPSA) is 146 Å². The molecular weight excluding hydrogens is 505 g/mol. The standard InChI is InChI=1S/C12H13F3N2O6.C9H16O3.C2H6/c1-20-7-2-3-17-9(11(16)19)10(7)23-6-22-8(18)4-21-5-12(13,14)15;1-7-5-8(2)12-9(10)3-4-11-6-7;1-2/h2-3H,4-6H2,1H3,(H2,16,19);7-8H,3-6H2,1-2H3;1-2H3. The zero-order valence-electron chi connectivity index (χ0n) is 21.6. The largest absolute Gasteiger partial charge is 0.493 e. The molecule has 0 saturated carbocycles. The minimum atomic E-state index is -4.55. The van der Waals surface area contributed by atoms with Crippen LogP contribution < -0.4 is 15.2 Å². The Morgan fingerprint density at radius 2 is 1.92 bits per heavy atom. The van der Waals surface area contributed by atoms with Gasteiger partial charge in [-0.1, -0.05) is 20.8 Å². The van der Waals surface area contributed by atoms with Gasteiger partial charge in [0.05, 0.1) is 26.2 Å². The lowest BCUT2D eigenvalue weighted by Gasteiger charge is -2.14. The maximum atomic E-state index is 11.8. The van der Waals surface area contributed by atoms with Crippen LogP contribution >= 0.6 is 0 Å². The van der Waals surface area contributed by atoms with Gasteiger partial charge in [-0.3, -0.25) is 9.59 Å². The van der Waals surface area contributed by atoms with Crippen molar-refractivity contribution in [2.75, 3.05) is 40.3 Å². The first-order chi connectivity index (χ1) is 17.4. The van der Waals surface area contributed by atoms with Crippen molar-refractivity contribution in [1.82, 2.24) is 4.98 Å². The lowest BCUT2D eigenvalue weighted by molar-refractivity contribution is -0.183. The van der Waals surface area contributed by atoms with Crippen molar-refractivity contribution in [3.8, 4) is 11.5 Å². The van der Waals surface area contributed by atoms with Gasteiger partial charge in [0.2, 0.25) is 6.79 Å². The number of aromatic nitrogens is 1. The van der Waals surface area contributed by atoms with Crippen LogP contribution in [0.25, 0.3) is 0 Å². The second-order valence-corrected chi connectivity index (χ2v) is 7.41. The number of rotatable bonds is 8. The normalized spacial score (nSPS) is 17.7. The van der Waals surface area contributed by atoms with E-state index < -0.39 is 38.1 Å². The van der Waals surface area contributed by atoms with Crippen molar-refractivity contribution in [2.24, 2.45) is 11.7 Å². The molecular formula is C23H35F3N2O9. The number of ether oxygens (including phenoxy) is 6. The van der Waals surface area contributed by atoms with Crippen LogP contribution in [0.3, 0.4) is 0 Å². The Kier molecular flexibility index (Phi) is 16.6. The Bertz CT molecular complexity index is 838. The summed E-state index contributed by atoms with van der Waals surface area (Å²) in [6, 6.07) is 1.37. The number of hydrogen-bond donors (Lipinski definition) is 1. The SMILES string of the molecule is CC.CC1COCCC(=O)OC(C)C1.COc1ccnc(C(N)=O)c1OCOC(=O)COCC(F)(F)F. The third-order valence-electron chi connectivity index (χ3n) is 4.15. The molecule has 212 valence electrons. The van der Waals surface area contributed by atoms with Crippen molar-refractivity contribution in [2.45, 2.75) is 52.8 Å². The Morgan fingerprint density at radius 3 is 2.51 bits per heavy atom. The molecule has 2 atom stereocenters. The lowest BCUT2D eigenvalue weighted by Crippen LogP contribution is -2.23. The van der Waals surface area contributed by atoms with E-state index in [1.54, 1.807) is 0 Å². The molecule has 0 bridgehead atoms. The predicted molar refractivity (Wildman–Crippen MR) is 124 cm³/mol. The van der Waals surface area contributed by atoms with Gasteiger partial charge in [0.25, 0.3) is 5.91 Å². The Morgan fingerprint density at radius 1 is 1.24 bits per heavy atom. The highest BCUT2D eigenvalue weighted by Gasteiger charge is 2.28. The number of nitrogens with two attached hydrogens (primary N) is 1. The molecule has 14 heteroatoms. The number of carbonyl (C=O) groups is 3. The molecule has 2 unspecified atom stereocenters. The van der Waals surface area contributed by atoms with E-state index in [0.717, 1.165) is 13.0 Å². The van der Waals surface area contributed by atoms with Gasteiger partial charge in [0.1, 0.15) is 13.2 Å². The third-order valence-corrected chi connectivity index (χ3v) is 4.15. The highest BCUT2D eigenvalue weighted by atomic mass is 19.4. The Hall–Kier alpha value is -3.13. The number of esters is 2. The summed E-state index contributed by atoms with van der Waals surface area (Å²) in [5, 5.41) is 0. The van der Waals surface area contributed by atoms with Crippen LogP contribution in [0.2, 0.25) is 0 Å². The van der Waals surface area contributed by atoms with Crippen molar-refractivity contribution < 1.29 is 56.0 Å². The summed E-state index contributed by atoms with van der Waals surface area (Å²) in [7, 11) is 1.30. The van der Waals surface area contributed by atoms with E-state index >= 15 is 0 Å². The maximum absolute atomic E-state index is 11.8. The molecule has 0 aromatic carbocycles. The number of halogens is 3. The number of primary amides is 1. The van der Waals surface area contributed by atoms with Gasteiger partial charge in [-0.05, 0) is 19.3 Å². The van der Waals surface area contributed by atoms with Crippen LogP contribution in [-0.2, 0) is 28.5 Å². The lowest BCUT2D eigenvalue weighted by atomic mass is 10.1. The minimum Gasteiger partial charge on any atom is -0.493 e. The van der Waals surface area contributed by atoms with Gasteiger partial charge in [0.15, 0.2) is 17.2 Å². The molecule has 2 heterocycles. The van der Waals surface area contributed by atoms with Crippen LogP contribution in [-0.4, -0.2) is 75.4 Å². The number of nitrogens with zero attached hydrogens (tertiary/aromatic N) is 1. The fraction of sp³-hybridized carbons (Fsp3) is 0.652. The molecule has 2 N–H and O–H groups in total. The van der Waals surface area contributed by atoms with Gasteiger partial charge in [0, 0.05) is 18.9 Å². The van der Waals surface area contributed by atoms with Gasteiger partial charge in [-0.2, -0.15) is 13.2 Å². The summed E-state index contributed by atoms with van der Waals surface area (Å²) in [5.41, 5.74) is 4.85. The summed E-state index contributed by atoms with van der Waals surface area (Å²) in [4.78, 5) is 37.1. The molecule has 0 spiro atoms. The van der Waals surface area contributed by atoms with Gasteiger partial charge >= 0.3 is 18.1 Å². The van der Waals surface area contributed by atoms with Gasteiger partial charge < -0.3 is 34.2 Å².